The minimum atomic E-state index is -0.0811. The number of ether oxygens (including phenoxy) is 1. The SMILES string of the molecule is COc1c(Br)cc(Cl)cc1C(Br)c1cc(Cl)cc(Br)c1. The first-order chi connectivity index (χ1) is 9.42. The van der Waals surface area contributed by atoms with Crippen molar-refractivity contribution in [2.24, 2.45) is 0 Å². The van der Waals surface area contributed by atoms with E-state index < -0.39 is 0 Å². The number of halogens is 5. The molecule has 20 heavy (non-hydrogen) atoms. The minimum absolute atomic E-state index is 0.0811. The van der Waals surface area contributed by atoms with Gasteiger partial charge in [0.15, 0.2) is 0 Å². The van der Waals surface area contributed by atoms with Gasteiger partial charge in [0.05, 0.1) is 16.4 Å². The molecule has 0 aromatic heterocycles. The number of hydrogen-bond acceptors (Lipinski definition) is 1. The van der Waals surface area contributed by atoms with Crippen LogP contribution in [0.4, 0.5) is 0 Å². The highest BCUT2D eigenvalue weighted by molar-refractivity contribution is 9.11. The van der Waals surface area contributed by atoms with Gasteiger partial charge in [0.25, 0.3) is 0 Å². The predicted octanol–water partition coefficient (Wildman–Crippen LogP) is 7.01. The summed E-state index contributed by atoms with van der Waals surface area (Å²) < 4.78 is 7.19. The fraction of sp³-hybridized carbons (Fsp3) is 0.143. The molecule has 1 nitrogen and oxygen atoms in total. The van der Waals surface area contributed by atoms with E-state index in [-0.39, 0.29) is 4.83 Å². The Bertz CT molecular complexity index is 626. The van der Waals surface area contributed by atoms with E-state index >= 15 is 0 Å². The van der Waals surface area contributed by atoms with Crippen LogP contribution in [0.1, 0.15) is 16.0 Å². The van der Waals surface area contributed by atoms with Gasteiger partial charge in [-0.3, -0.25) is 0 Å². The molecule has 0 N–H and O–H groups in total. The third kappa shape index (κ3) is 3.72. The molecule has 0 heterocycles. The highest BCUT2D eigenvalue weighted by atomic mass is 79.9. The topological polar surface area (TPSA) is 9.23 Å². The number of alkyl halides is 1. The van der Waals surface area contributed by atoms with Gasteiger partial charge in [0, 0.05) is 20.1 Å². The highest BCUT2D eigenvalue weighted by Crippen LogP contribution is 2.43. The molecule has 0 fully saturated rings. The Morgan fingerprint density at radius 2 is 1.65 bits per heavy atom. The zero-order chi connectivity index (χ0) is 14.9. The van der Waals surface area contributed by atoms with E-state index in [2.05, 4.69) is 47.8 Å². The Balaban J connectivity index is 2.55. The third-order valence-electron chi connectivity index (χ3n) is 2.69. The van der Waals surface area contributed by atoms with E-state index in [1.807, 2.05) is 24.3 Å². The lowest BCUT2D eigenvalue weighted by molar-refractivity contribution is 0.408. The summed E-state index contributed by atoms with van der Waals surface area (Å²) >= 11 is 22.8. The molecule has 1 atom stereocenters. The van der Waals surface area contributed by atoms with Crippen LogP contribution in [0.5, 0.6) is 5.75 Å². The van der Waals surface area contributed by atoms with Gasteiger partial charge in [-0.05, 0) is 51.8 Å². The van der Waals surface area contributed by atoms with Crippen LogP contribution in [0.2, 0.25) is 10.0 Å². The summed E-state index contributed by atoms with van der Waals surface area (Å²) in [7, 11) is 1.63. The second-order valence-electron chi connectivity index (χ2n) is 4.08. The van der Waals surface area contributed by atoms with Crippen molar-refractivity contribution in [2.75, 3.05) is 7.11 Å². The maximum Gasteiger partial charge on any atom is 0.137 e. The van der Waals surface area contributed by atoms with Gasteiger partial charge >= 0.3 is 0 Å². The van der Waals surface area contributed by atoms with Crippen LogP contribution in [0.3, 0.4) is 0 Å². The second kappa shape index (κ2) is 7.01. The fourth-order valence-electron chi connectivity index (χ4n) is 1.88. The maximum absolute atomic E-state index is 6.13. The maximum atomic E-state index is 6.13. The zero-order valence-corrected chi connectivity index (χ0v) is 16.5. The molecule has 0 aliphatic carbocycles. The third-order valence-corrected chi connectivity index (χ3v) is 5.20. The molecule has 0 aliphatic heterocycles. The molecule has 2 rings (SSSR count). The van der Waals surface area contributed by atoms with Crippen molar-refractivity contribution in [1.82, 2.24) is 0 Å². The Kier molecular flexibility index (Phi) is 5.83. The van der Waals surface area contributed by atoms with E-state index in [9.17, 15) is 0 Å². The molecule has 2 aromatic rings. The lowest BCUT2D eigenvalue weighted by Crippen LogP contribution is -1.98. The Labute approximate surface area is 153 Å². The Morgan fingerprint density at radius 3 is 2.25 bits per heavy atom. The van der Waals surface area contributed by atoms with E-state index in [1.54, 1.807) is 13.2 Å². The molecule has 2 aromatic carbocycles. The summed E-state index contributed by atoms with van der Waals surface area (Å²) in [5.74, 6) is 0.743. The number of rotatable bonds is 3. The highest BCUT2D eigenvalue weighted by Gasteiger charge is 2.19. The lowest BCUT2D eigenvalue weighted by atomic mass is 10.0. The fourth-order valence-corrected chi connectivity index (χ4v) is 4.37. The standard InChI is InChI=1S/C14H9Br3Cl2O/c1-20-14-11(5-10(19)6-12(14)16)13(17)7-2-8(15)4-9(18)3-7/h2-6,13H,1H3. The van der Waals surface area contributed by atoms with E-state index in [1.165, 1.54) is 0 Å². The smallest absolute Gasteiger partial charge is 0.137 e. The molecule has 0 bridgehead atoms. The van der Waals surface area contributed by atoms with Gasteiger partial charge in [-0.15, -0.1) is 0 Å². The predicted molar refractivity (Wildman–Crippen MR) is 95.6 cm³/mol. The van der Waals surface area contributed by atoms with Crippen molar-refractivity contribution in [3.05, 3.63) is 60.4 Å². The summed E-state index contributed by atoms with van der Waals surface area (Å²) in [6, 6.07) is 9.42. The quantitative estimate of drug-likeness (QED) is 0.409. The summed E-state index contributed by atoms with van der Waals surface area (Å²) in [6.45, 7) is 0. The van der Waals surface area contributed by atoms with Gasteiger partial charge in [0.2, 0.25) is 0 Å². The average molecular weight is 504 g/mol. The van der Waals surface area contributed by atoms with Gasteiger partial charge in [-0.1, -0.05) is 55.1 Å². The van der Waals surface area contributed by atoms with Crippen molar-refractivity contribution < 1.29 is 4.74 Å². The molecular formula is C14H9Br3Cl2O. The minimum Gasteiger partial charge on any atom is -0.495 e. The first-order valence-corrected chi connectivity index (χ1v) is 8.81. The Morgan fingerprint density at radius 1 is 1.00 bits per heavy atom. The van der Waals surface area contributed by atoms with Crippen LogP contribution in [-0.4, -0.2) is 7.11 Å². The van der Waals surface area contributed by atoms with Crippen LogP contribution >= 0.6 is 71.0 Å². The molecular weight excluding hydrogens is 495 g/mol. The summed E-state index contributed by atoms with van der Waals surface area (Å²) in [6.07, 6.45) is 0. The van der Waals surface area contributed by atoms with E-state index in [4.69, 9.17) is 27.9 Å². The summed E-state index contributed by atoms with van der Waals surface area (Å²) in [5.41, 5.74) is 1.94. The average Bonchev–Trinajstić information content (AvgIpc) is 2.35. The summed E-state index contributed by atoms with van der Waals surface area (Å²) in [4.78, 5) is -0.0811. The van der Waals surface area contributed by atoms with Crippen molar-refractivity contribution in [3.8, 4) is 5.75 Å². The zero-order valence-electron chi connectivity index (χ0n) is 10.3. The van der Waals surface area contributed by atoms with Crippen molar-refractivity contribution in [1.29, 1.82) is 0 Å². The molecule has 0 radical (unpaired) electrons. The largest absolute Gasteiger partial charge is 0.495 e. The number of methoxy groups -OCH3 is 1. The van der Waals surface area contributed by atoms with Crippen molar-refractivity contribution in [2.45, 2.75) is 4.83 Å². The van der Waals surface area contributed by atoms with Gasteiger partial charge in [-0.25, -0.2) is 0 Å². The van der Waals surface area contributed by atoms with E-state index in [0.717, 1.165) is 25.8 Å². The molecule has 0 spiro atoms. The van der Waals surface area contributed by atoms with E-state index in [0.29, 0.717) is 10.0 Å². The van der Waals surface area contributed by atoms with Crippen LogP contribution < -0.4 is 4.74 Å². The van der Waals surface area contributed by atoms with Crippen LogP contribution in [0.15, 0.2) is 39.3 Å². The molecule has 0 saturated heterocycles. The first-order valence-electron chi connectivity index (χ1n) is 5.55. The molecule has 106 valence electrons. The van der Waals surface area contributed by atoms with Gasteiger partial charge in [-0.2, -0.15) is 0 Å². The normalized spacial score (nSPS) is 12.3. The molecule has 0 saturated carbocycles. The Hall–Kier alpha value is 0.260. The molecule has 1 unspecified atom stereocenters. The molecule has 0 aliphatic rings. The van der Waals surface area contributed by atoms with Crippen LogP contribution in [0, 0.1) is 0 Å². The van der Waals surface area contributed by atoms with Crippen LogP contribution in [-0.2, 0) is 0 Å². The number of benzene rings is 2. The number of hydrogen-bond donors (Lipinski definition) is 0. The molecule has 6 heteroatoms. The monoisotopic (exact) mass is 500 g/mol. The summed E-state index contributed by atoms with van der Waals surface area (Å²) in [5, 5.41) is 1.30. The first kappa shape index (κ1) is 16.6. The van der Waals surface area contributed by atoms with Gasteiger partial charge in [0.1, 0.15) is 5.75 Å². The van der Waals surface area contributed by atoms with Crippen molar-refractivity contribution >= 4 is 71.0 Å². The lowest BCUT2D eigenvalue weighted by Gasteiger charge is -2.17. The van der Waals surface area contributed by atoms with Crippen molar-refractivity contribution in [3.63, 3.8) is 0 Å². The van der Waals surface area contributed by atoms with Crippen LogP contribution in [0.25, 0.3) is 0 Å². The molecule has 0 amide bonds. The van der Waals surface area contributed by atoms with Gasteiger partial charge < -0.3 is 4.74 Å². The second-order valence-corrected chi connectivity index (χ2v) is 7.63.